The Balaban J connectivity index is 1.86. The van der Waals surface area contributed by atoms with Gasteiger partial charge in [0.2, 0.25) is 0 Å². The van der Waals surface area contributed by atoms with Crippen LogP contribution >= 0.6 is 11.8 Å². The van der Waals surface area contributed by atoms with Crippen molar-refractivity contribution in [1.82, 2.24) is 5.32 Å². The van der Waals surface area contributed by atoms with E-state index in [4.69, 9.17) is 0 Å². The maximum absolute atomic E-state index is 4.02. The first-order valence-corrected chi connectivity index (χ1v) is 8.94. The molecule has 2 aliphatic carbocycles. The molecule has 2 fully saturated rings. The highest BCUT2D eigenvalue weighted by atomic mass is 32.2. The summed E-state index contributed by atoms with van der Waals surface area (Å²) in [5.74, 6) is 2.12. The van der Waals surface area contributed by atoms with Crippen LogP contribution in [-0.2, 0) is 0 Å². The molecule has 2 rings (SSSR count). The van der Waals surface area contributed by atoms with Crippen molar-refractivity contribution in [3.05, 3.63) is 0 Å². The lowest BCUT2D eigenvalue weighted by Gasteiger charge is -2.41. The van der Waals surface area contributed by atoms with E-state index in [1.54, 1.807) is 0 Å². The highest BCUT2D eigenvalue weighted by Crippen LogP contribution is 2.39. The molecule has 2 heteroatoms. The Kier molecular flexibility index (Phi) is 5.05. The van der Waals surface area contributed by atoms with E-state index in [1.807, 2.05) is 0 Å². The van der Waals surface area contributed by atoms with Gasteiger partial charge in [-0.05, 0) is 49.2 Å². The second kappa shape index (κ2) is 6.17. The Bertz CT molecular complexity index is 264. The molecule has 0 radical (unpaired) electrons. The molecule has 0 aromatic carbocycles. The van der Waals surface area contributed by atoms with Gasteiger partial charge < -0.3 is 5.32 Å². The molecule has 0 heterocycles. The zero-order chi connectivity index (χ0) is 13.2. The lowest BCUT2D eigenvalue weighted by Crippen LogP contribution is -2.48. The van der Waals surface area contributed by atoms with Gasteiger partial charge in [-0.1, -0.05) is 34.1 Å². The second-order valence-electron chi connectivity index (χ2n) is 7.19. The summed E-state index contributed by atoms with van der Waals surface area (Å²) in [6.07, 6.45) is 8.44. The fourth-order valence-electron chi connectivity index (χ4n) is 4.00. The predicted octanol–water partition coefficient (Wildman–Crippen LogP) is 4.47. The molecule has 0 aromatic heterocycles. The van der Waals surface area contributed by atoms with E-state index in [2.05, 4.69) is 44.8 Å². The molecule has 0 bridgehead atoms. The Hall–Kier alpha value is 0.310. The van der Waals surface area contributed by atoms with E-state index in [1.165, 1.54) is 44.3 Å². The fraction of sp³-hybridized carbons (Fsp3) is 1.00. The van der Waals surface area contributed by atoms with Crippen molar-refractivity contribution in [1.29, 1.82) is 0 Å². The van der Waals surface area contributed by atoms with Gasteiger partial charge in [-0.15, -0.1) is 0 Å². The molecule has 18 heavy (non-hydrogen) atoms. The summed E-state index contributed by atoms with van der Waals surface area (Å²) in [4.78, 5) is 0. The van der Waals surface area contributed by atoms with Gasteiger partial charge in [-0.25, -0.2) is 0 Å². The summed E-state index contributed by atoms with van der Waals surface area (Å²) >= 11 is 2.17. The molecule has 1 N–H and O–H groups in total. The van der Waals surface area contributed by atoms with Crippen LogP contribution < -0.4 is 5.32 Å². The van der Waals surface area contributed by atoms with Crippen LogP contribution in [0.2, 0.25) is 0 Å². The first-order valence-electron chi connectivity index (χ1n) is 7.89. The Morgan fingerprint density at radius 1 is 1.17 bits per heavy atom. The minimum Gasteiger partial charge on any atom is -0.310 e. The van der Waals surface area contributed by atoms with Crippen LogP contribution in [0.4, 0.5) is 0 Å². The van der Waals surface area contributed by atoms with Crippen LogP contribution in [0.5, 0.6) is 0 Å². The van der Waals surface area contributed by atoms with Gasteiger partial charge in [0.15, 0.2) is 0 Å². The Labute approximate surface area is 118 Å². The molecular formula is C16H31NS. The Morgan fingerprint density at radius 3 is 2.61 bits per heavy atom. The molecule has 0 spiro atoms. The fourth-order valence-corrected chi connectivity index (χ4v) is 5.21. The average molecular weight is 269 g/mol. The highest BCUT2D eigenvalue weighted by molar-refractivity contribution is 7.99. The lowest BCUT2D eigenvalue weighted by atomic mass is 9.70. The van der Waals surface area contributed by atoms with Crippen LogP contribution in [0.25, 0.3) is 0 Å². The van der Waals surface area contributed by atoms with Crippen LogP contribution in [0, 0.1) is 11.3 Å². The molecule has 0 aliphatic heterocycles. The Morgan fingerprint density at radius 2 is 1.94 bits per heavy atom. The summed E-state index contributed by atoms with van der Waals surface area (Å²) in [5.41, 5.74) is 0.574. The van der Waals surface area contributed by atoms with E-state index in [0.717, 1.165) is 23.3 Å². The van der Waals surface area contributed by atoms with Crippen molar-refractivity contribution in [2.75, 3.05) is 5.75 Å². The maximum atomic E-state index is 4.02. The van der Waals surface area contributed by atoms with Crippen molar-refractivity contribution in [3.8, 4) is 0 Å². The van der Waals surface area contributed by atoms with E-state index in [0.29, 0.717) is 5.41 Å². The molecular weight excluding hydrogens is 238 g/mol. The quantitative estimate of drug-likeness (QED) is 0.808. The predicted molar refractivity (Wildman–Crippen MR) is 83.3 cm³/mol. The van der Waals surface area contributed by atoms with Gasteiger partial charge in [0.25, 0.3) is 0 Å². The van der Waals surface area contributed by atoms with Crippen molar-refractivity contribution in [3.63, 3.8) is 0 Å². The lowest BCUT2D eigenvalue weighted by molar-refractivity contribution is 0.142. The molecule has 0 saturated heterocycles. The smallest absolute Gasteiger partial charge is 0.0201 e. The van der Waals surface area contributed by atoms with Gasteiger partial charge in [0.1, 0.15) is 0 Å². The number of hydrogen-bond acceptors (Lipinski definition) is 2. The number of hydrogen-bond donors (Lipinski definition) is 1. The number of thioether (sulfide) groups is 1. The normalized spacial score (nSPS) is 40.0. The zero-order valence-corrected chi connectivity index (χ0v) is 13.5. The van der Waals surface area contributed by atoms with E-state index in [9.17, 15) is 0 Å². The summed E-state index contributed by atoms with van der Waals surface area (Å²) in [6, 6.07) is 1.57. The molecule has 2 aliphatic rings. The van der Waals surface area contributed by atoms with Crippen molar-refractivity contribution < 1.29 is 0 Å². The first kappa shape index (κ1) is 14.7. The van der Waals surface area contributed by atoms with Crippen LogP contribution in [0.15, 0.2) is 0 Å². The van der Waals surface area contributed by atoms with E-state index in [-0.39, 0.29) is 0 Å². The molecule has 4 atom stereocenters. The van der Waals surface area contributed by atoms with Crippen LogP contribution in [0.1, 0.15) is 66.2 Å². The van der Waals surface area contributed by atoms with E-state index < -0.39 is 0 Å². The molecule has 2 saturated carbocycles. The monoisotopic (exact) mass is 269 g/mol. The van der Waals surface area contributed by atoms with Gasteiger partial charge in [0, 0.05) is 17.3 Å². The second-order valence-corrected chi connectivity index (χ2v) is 8.70. The molecule has 0 amide bonds. The minimum absolute atomic E-state index is 0.574. The van der Waals surface area contributed by atoms with Crippen molar-refractivity contribution in [2.24, 2.45) is 11.3 Å². The SMILES string of the molecule is CCSC1CCCC1NC1CCC(C)(C)CC1C. The number of nitrogens with one attached hydrogen (secondary N) is 1. The van der Waals surface area contributed by atoms with Gasteiger partial charge in [-0.2, -0.15) is 11.8 Å². The molecule has 4 unspecified atom stereocenters. The van der Waals surface area contributed by atoms with Gasteiger partial charge in [-0.3, -0.25) is 0 Å². The third-order valence-corrected chi connectivity index (χ3v) is 6.28. The van der Waals surface area contributed by atoms with Gasteiger partial charge in [0.05, 0.1) is 0 Å². The minimum atomic E-state index is 0.574. The third-order valence-electron chi connectivity index (χ3n) is 4.96. The largest absolute Gasteiger partial charge is 0.310 e. The average Bonchev–Trinajstić information content (AvgIpc) is 2.70. The van der Waals surface area contributed by atoms with E-state index >= 15 is 0 Å². The number of rotatable bonds is 4. The summed E-state index contributed by atoms with van der Waals surface area (Å²) in [6.45, 7) is 9.62. The molecule has 0 aromatic rings. The third kappa shape index (κ3) is 3.66. The van der Waals surface area contributed by atoms with Crippen LogP contribution in [-0.4, -0.2) is 23.1 Å². The first-order chi connectivity index (χ1) is 8.52. The summed E-state index contributed by atoms with van der Waals surface area (Å²) in [5, 5.41) is 4.91. The zero-order valence-electron chi connectivity index (χ0n) is 12.7. The standard InChI is InChI=1S/C16H31NS/c1-5-18-15-8-6-7-14(15)17-13-9-10-16(3,4)11-12(13)2/h12-15,17H,5-11H2,1-4H3. The van der Waals surface area contributed by atoms with Crippen molar-refractivity contribution >= 4 is 11.8 Å². The topological polar surface area (TPSA) is 12.0 Å². The van der Waals surface area contributed by atoms with Crippen molar-refractivity contribution in [2.45, 2.75) is 83.6 Å². The summed E-state index contributed by atoms with van der Waals surface area (Å²) < 4.78 is 0. The highest BCUT2D eigenvalue weighted by Gasteiger charge is 2.35. The molecule has 1 nitrogen and oxygen atoms in total. The van der Waals surface area contributed by atoms with Gasteiger partial charge >= 0.3 is 0 Å². The van der Waals surface area contributed by atoms with Crippen LogP contribution in [0.3, 0.4) is 0 Å². The summed E-state index contributed by atoms with van der Waals surface area (Å²) in [7, 11) is 0. The maximum Gasteiger partial charge on any atom is 0.0201 e. The molecule has 106 valence electrons.